The van der Waals surface area contributed by atoms with E-state index in [2.05, 4.69) is 26.1 Å². The standard InChI is InChI=1S/C15H29N/c1-4-13-6-5-7-14(10-13)16-15-9-8-11(2)12(15)3/h11-16H,4-10H2,1-3H3. The van der Waals surface area contributed by atoms with Crippen LogP contribution in [0.2, 0.25) is 0 Å². The average molecular weight is 223 g/mol. The van der Waals surface area contributed by atoms with Gasteiger partial charge in [0.05, 0.1) is 0 Å². The summed E-state index contributed by atoms with van der Waals surface area (Å²) < 4.78 is 0. The highest BCUT2D eigenvalue weighted by atomic mass is 15.0. The van der Waals surface area contributed by atoms with Gasteiger partial charge in [-0.15, -0.1) is 0 Å². The van der Waals surface area contributed by atoms with Gasteiger partial charge in [0.25, 0.3) is 0 Å². The molecule has 2 saturated carbocycles. The predicted octanol–water partition coefficient (Wildman–Crippen LogP) is 3.98. The van der Waals surface area contributed by atoms with Crippen molar-refractivity contribution in [2.75, 3.05) is 0 Å². The third-order valence-electron chi connectivity index (χ3n) is 5.28. The molecule has 0 saturated heterocycles. The van der Waals surface area contributed by atoms with Crippen molar-refractivity contribution in [3.05, 3.63) is 0 Å². The fourth-order valence-corrected chi connectivity index (χ4v) is 3.72. The molecule has 0 aromatic carbocycles. The van der Waals surface area contributed by atoms with Crippen molar-refractivity contribution in [3.63, 3.8) is 0 Å². The normalized spacial score (nSPS) is 44.8. The Bertz CT molecular complexity index is 213. The quantitative estimate of drug-likeness (QED) is 0.763. The molecule has 0 heterocycles. The Morgan fingerprint density at radius 2 is 1.88 bits per heavy atom. The van der Waals surface area contributed by atoms with Crippen molar-refractivity contribution in [2.24, 2.45) is 17.8 Å². The van der Waals surface area contributed by atoms with Crippen LogP contribution < -0.4 is 5.32 Å². The van der Waals surface area contributed by atoms with Gasteiger partial charge in [-0.25, -0.2) is 0 Å². The third-order valence-corrected chi connectivity index (χ3v) is 5.28. The fourth-order valence-electron chi connectivity index (χ4n) is 3.72. The summed E-state index contributed by atoms with van der Waals surface area (Å²) >= 11 is 0. The van der Waals surface area contributed by atoms with Crippen molar-refractivity contribution >= 4 is 0 Å². The molecule has 2 aliphatic carbocycles. The molecule has 16 heavy (non-hydrogen) atoms. The molecule has 1 N–H and O–H groups in total. The van der Waals surface area contributed by atoms with Crippen molar-refractivity contribution in [2.45, 2.75) is 77.8 Å². The van der Waals surface area contributed by atoms with Gasteiger partial charge in [0.15, 0.2) is 0 Å². The maximum absolute atomic E-state index is 3.96. The molecule has 0 amide bonds. The number of rotatable bonds is 3. The zero-order chi connectivity index (χ0) is 11.5. The summed E-state index contributed by atoms with van der Waals surface area (Å²) in [6.45, 7) is 7.21. The lowest BCUT2D eigenvalue weighted by molar-refractivity contribution is 0.242. The first-order chi connectivity index (χ1) is 7.70. The van der Waals surface area contributed by atoms with Gasteiger partial charge in [-0.1, -0.05) is 40.0 Å². The highest BCUT2D eigenvalue weighted by Gasteiger charge is 2.32. The Morgan fingerprint density at radius 1 is 1.06 bits per heavy atom. The number of hydrogen-bond donors (Lipinski definition) is 1. The lowest BCUT2D eigenvalue weighted by Gasteiger charge is -2.33. The summed E-state index contributed by atoms with van der Waals surface area (Å²) in [6.07, 6.45) is 10.0. The highest BCUT2D eigenvalue weighted by Crippen LogP contribution is 2.33. The second-order valence-electron chi connectivity index (χ2n) is 6.32. The zero-order valence-electron chi connectivity index (χ0n) is 11.3. The van der Waals surface area contributed by atoms with Crippen LogP contribution in [0, 0.1) is 17.8 Å². The first-order valence-corrected chi connectivity index (χ1v) is 7.46. The molecule has 2 fully saturated rings. The van der Waals surface area contributed by atoms with E-state index >= 15 is 0 Å². The Morgan fingerprint density at radius 3 is 2.50 bits per heavy atom. The molecule has 2 aliphatic rings. The Hall–Kier alpha value is -0.0400. The van der Waals surface area contributed by atoms with E-state index in [1.807, 2.05) is 0 Å². The molecule has 94 valence electrons. The Labute approximate surface area is 101 Å². The van der Waals surface area contributed by atoms with Gasteiger partial charge in [-0.05, 0) is 43.4 Å². The van der Waals surface area contributed by atoms with Gasteiger partial charge in [-0.3, -0.25) is 0 Å². The Kier molecular flexibility index (Phi) is 4.29. The van der Waals surface area contributed by atoms with Crippen LogP contribution >= 0.6 is 0 Å². The van der Waals surface area contributed by atoms with E-state index in [4.69, 9.17) is 0 Å². The second kappa shape index (κ2) is 5.53. The van der Waals surface area contributed by atoms with E-state index in [9.17, 15) is 0 Å². The van der Waals surface area contributed by atoms with Crippen molar-refractivity contribution in [3.8, 4) is 0 Å². The van der Waals surface area contributed by atoms with Crippen LogP contribution in [0.5, 0.6) is 0 Å². The van der Waals surface area contributed by atoms with Gasteiger partial charge in [0, 0.05) is 12.1 Å². The molecule has 5 unspecified atom stereocenters. The van der Waals surface area contributed by atoms with Crippen molar-refractivity contribution in [1.29, 1.82) is 0 Å². The van der Waals surface area contributed by atoms with Crippen LogP contribution in [0.3, 0.4) is 0 Å². The lowest BCUT2D eigenvalue weighted by Crippen LogP contribution is -2.42. The molecule has 1 heteroatoms. The summed E-state index contributed by atoms with van der Waals surface area (Å²) in [5, 5.41) is 3.96. The van der Waals surface area contributed by atoms with E-state index in [1.54, 1.807) is 0 Å². The van der Waals surface area contributed by atoms with Gasteiger partial charge in [-0.2, -0.15) is 0 Å². The maximum Gasteiger partial charge on any atom is 0.00979 e. The predicted molar refractivity (Wildman–Crippen MR) is 70.5 cm³/mol. The Balaban J connectivity index is 1.80. The van der Waals surface area contributed by atoms with E-state index in [0.717, 1.165) is 29.8 Å². The smallest absolute Gasteiger partial charge is 0.00979 e. The molecule has 0 aliphatic heterocycles. The number of hydrogen-bond acceptors (Lipinski definition) is 1. The van der Waals surface area contributed by atoms with E-state index in [1.165, 1.54) is 44.9 Å². The monoisotopic (exact) mass is 223 g/mol. The summed E-state index contributed by atoms with van der Waals surface area (Å²) in [4.78, 5) is 0. The topological polar surface area (TPSA) is 12.0 Å². The fraction of sp³-hybridized carbons (Fsp3) is 1.00. The highest BCUT2D eigenvalue weighted by molar-refractivity contribution is 4.88. The van der Waals surface area contributed by atoms with E-state index < -0.39 is 0 Å². The largest absolute Gasteiger partial charge is 0.311 e. The summed E-state index contributed by atoms with van der Waals surface area (Å²) in [5.74, 6) is 2.82. The molecule has 0 aromatic heterocycles. The molecule has 0 bridgehead atoms. The summed E-state index contributed by atoms with van der Waals surface area (Å²) in [6, 6.07) is 1.65. The third kappa shape index (κ3) is 2.80. The summed E-state index contributed by atoms with van der Waals surface area (Å²) in [7, 11) is 0. The van der Waals surface area contributed by atoms with Crippen LogP contribution in [0.25, 0.3) is 0 Å². The number of nitrogens with one attached hydrogen (secondary N) is 1. The SMILES string of the molecule is CCC1CCCC(NC2CCC(C)C2C)C1. The van der Waals surface area contributed by atoms with Crippen LogP contribution in [0.15, 0.2) is 0 Å². The van der Waals surface area contributed by atoms with E-state index in [-0.39, 0.29) is 0 Å². The van der Waals surface area contributed by atoms with Gasteiger partial charge < -0.3 is 5.32 Å². The van der Waals surface area contributed by atoms with Gasteiger partial charge in [0.1, 0.15) is 0 Å². The maximum atomic E-state index is 3.96. The van der Waals surface area contributed by atoms with Crippen LogP contribution in [0.1, 0.15) is 65.7 Å². The minimum absolute atomic E-state index is 0.815. The van der Waals surface area contributed by atoms with Crippen LogP contribution in [0.4, 0.5) is 0 Å². The molecule has 0 radical (unpaired) electrons. The molecule has 1 nitrogen and oxygen atoms in total. The molecule has 2 rings (SSSR count). The van der Waals surface area contributed by atoms with Gasteiger partial charge >= 0.3 is 0 Å². The van der Waals surface area contributed by atoms with Crippen LogP contribution in [-0.2, 0) is 0 Å². The van der Waals surface area contributed by atoms with E-state index in [0.29, 0.717) is 0 Å². The first kappa shape index (κ1) is 12.4. The minimum Gasteiger partial charge on any atom is -0.311 e. The molecular weight excluding hydrogens is 194 g/mol. The molecule has 0 aromatic rings. The van der Waals surface area contributed by atoms with Crippen molar-refractivity contribution < 1.29 is 0 Å². The van der Waals surface area contributed by atoms with Crippen LogP contribution in [-0.4, -0.2) is 12.1 Å². The molecular formula is C15H29N. The minimum atomic E-state index is 0.815. The average Bonchev–Trinajstić information content (AvgIpc) is 2.61. The van der Waals surface area contributed by atoms with Crippen molar-refractivity contribution in [1.82, 2.24) is 5.32 Å². The molecule has 0 spiro atoms. The molecule has 5 atom stereocenters. The summed E-state index contributed by atoms with van der Waals surface area (Å²) in [5.41, 5.74) is 0. The lowest BCUT2D eigenvalue weighted by atomic mass is 9.83. The second-order valence-corrected chi connectivity index (χ2v) is 6.32. The zero-order valence-corrected chi connectivity index (χ0v) is 11.3. The van der Waals surface area contributed by atoms with Gasteiger partial charge in [0.2, 0.25) is 0 Å². The first-order valence-electron chi connectivity index (χ1n) is 7.46.